The lowest BCUT2D eigenvalue weighted by atomic mass is 10.1. The van der Waals surface area contributed by atoms with Gasteiger partial charge in [-0.25, -0.2) is 9.18 Å². The van der Waals surface area contributed by atoms with Crippen LogP contribution in [0.25, 0.3) is 0 Å². The molecule has 7 heteroatoms. The maximum atomic E-state index is 13.1. The molecule has 0 aliphatic rings. The molecule has 0 aromatic heterocycles. The molecule has 0 saturated carbocycles. The summed E-state index contributed by atoms with van der Waals surface area (Å²) in [6.07, 6.45) is -0.963. The number of primary amides is 1. The van der Waals surface area contributed by atoms with Crippen molar-refractivity contribution in [3.63, 3.8) is 0 Å². The number of halogens is 1. The predicted molar refractivity (Wildman–Crippen MR) is 66.8 cm³/mol. The molecule has 5 N–H and O–H groups in total. The summed E-state index contributed by atoms with van der Waals surface area (Å²) in [6, 6.07) is 2.38. The van der Waals surface area contributed by atoms with Crippen LogP contribution < -0.4 is 21.5 Å². The summed E-state index contributed by atoms with van der Waals surface area (Å²) in [5, 5.41) is 1.89. The number of ether oxygens (including phenoxy) is 1. The Morgan fingerprint density at radius 3 is 2.53 bits per heavy atom. The van der Waals surface area contributed by atoms with Crippen LogP contribution in [0.3, 0.4) is 0 Å². The summed E-state index contributed by atoms with van der Waals surface area (Å²) in [6.45, 7) is 3.10. The number of carbonyl (C=O) groups is 2. The number of rotatable bonds is 4. The molecule has 104 valence electrons. The lowest BCUT2D eigenvalue weighted by Crippen LogP contribution is -2.42. The maximum Gasteiger partial charge on any atom is 0.318 e. The zero-order valence-electron chi connectivity index (χ0n) is 10.6. The molecule has 1 aromatic carbocycles. The van der Waals surface area contributed by atoms with Crippen LogP contribution in [0.4, 0.5) is 9.18 Å². The van der Waals surface area contributed by atoms with Crippen LogP contribution >= 0.6 is 0 Å². The molecule has 0 bridgehead atoms. The van der Waals surface area contributed by atoms with Crippen molar-refractivity contribution in [2.75, 3.05) is 0 Å². The molecule has 0 saturated heterocycles. The van der Waals surface area contributed by atoms with Crippen LogP contribution in [0.1, 0.15) is 25.5 Å². The van der Waals surface area contributed by atoms with Gasteiger partial charge in [0.25, 0.3) is 5.91 Å². The largest absolute Gasteiger partial charge is 0.481 e. The highest BCUT2D eigenvalue weighted by atomic mass is 19.1. The van der Waals surface area contributed by atoms with E-state index in [9.17, 15) is 14.0 Å². The number of imide groups is 1. The third kappa shape index (κ3) is 4.22. The molecule has 3 amide bonds. The fourth-order valence-electron chi connectivity index (χ4n) is 1.45. The standard InChI is InChI=1S/C12H16FN3O3/c1-6(14)9-5-8(13)3-4-10(9)19-7(2)11(17)16-12(15)18/h3-7H,14H2,1-2H3,(H3,15,16,17,18)/t6-,7?/m1/s1. The Balaban J connectivity index is 2.87. The van der Waals surface area contributed by atoms with E-state index >= 15 is 0 Å². The number of benzene rings is 1. The Bertz CT molecular complexity index is 491. The minimum absolute atomic E-state index is 0.281. The first-order chi connectivity index (χ1) is 8.81. The summed E-state index contributed by atoms with van der Waals surface area (Å²) in [7, 11) is 0. The summed E-state index contributed by atoms with van der Waals surface area (Å²) in [5.41, 5.74) is 11.0. The molecule has 0 fully saturated rings. The topological polar surface area (TPSA) is 107 Å². The molecule has 1 rings (SSSR count). The molecular formula is C12H16FN3O3. The molecule has 0 spiro atoms. The third-order valence-electron chi connectivity index (χ3n) is 2.38. The number of urea groups is 1. The molecule has 19 heavy (non-hydrogen) atoms. The van der Waals surface area contributed by atoms with Crippen LogP contribution in [0, 0.1) is 5.82 Å². The quantitative estimate of drug-likeness (QED) is 0.751. The van der Waals surface area contributed by atoms with Crippen molar-refractivity contribution in [1.82, 2.24) is 5.32 Å². The van der Waals surface area contributed by atoms with Crippen molar-refractivity contribution in [2.45, 2.75) is 26.0 Å². The van der Waals surface area contributed by atoms with Gasteiger partial charge >= 0.3 is 6.03 Å². The number of nitrogens with two attached hydrogens (primary N) is 2. The molecule has 0 aliphatic heterocycles. The molecular weight excluding hydrogens is 253 g/mol. The lowest BCUT2D eigenvalue weighted by molar-refractivity contribution is -0.126. The minimum Gasteiger partial charge on any atom is -0.481 e. The van der Waals surface area contributed by atoms with Gasteiger partial charge < -0.3 is 16.2 Å². The van der Waals surface area contributed by atoms with Crippen LogP contribution in [-0.2, 0) is 4.79 Å². The van der Waals surface area contributed by atoms with E-state index in [1.54, 1.807) is 6.92 Å². The highest BCUT2D eigenvalue weighted by molar-refractivity contribution is 5.95. The smallest absolute Gasteiger partial charge is 0.318 e. The van der Waals surface area contributed by atoms with Gasteiger partial charge in [0.2, 0.25) is 0 Å². The minimum atomic E-state index is -0.966. The fourth-order valence-corrected chi connectivity index (χ4v) is 1.45. The van der Waals surface area contributed by atoms with Gasteiger partial charge in [-0.3, -0.25) is 10.1 Å². The summed E-state index contributed by atoms with van der Waals surface area (Å²) in [5.74, 6) is -0.857. The van der Waals surface area contributed by atoms with Crippen LogP contribution in [0.15, 0.2) is 18.2 Å². The van der Waals surface area contributed by atoms with E-state index in [0.29, 0.717) is 5.56 Å². The second-order valence-corrected chi connectivity index (χ2v) is 4.08. The van der Waals surface area contributed by atoms with E-state index in [2.05, 4.69) is 0 Å². The zero-order chi connectivity index (χ0) is 14.6. The average molecular weight is 269 g/mol. The van der Waals surface area contributed by atoms with Crippen molar-refractivity contribution < 1.29 is 18.7 Å². The van der Waals surface area contributed by atoms with Gasteiger partial charge in [0, 0.05) is 11.6 Å². The number of amides is 3. The first-order valence-electron chi connectivity index (χ1n) is 5.63. The Labute approximate surface area is 109 Å². The van der Waals surface area contributed by atoms with Crippen molar-refractivity contribution >= 4 is 11.9 Å². The summed E-state index contributed by atoms with van der Waals surface area (Å²) >= 11 is 0. The van der Waals surface area contributed by atoms with Gasteiger partial charge in [0.05, 0.1) is 0 Å². The number of nitrogens with one attached hydrogen (secondary N) is 1. The van der Waals surface area contributed by atoms with Gasteiger partial charge in [-0.05, 0) is 32.0 Å². The Hall–Kier alpha value is -2.15. The van der Waals surface area contributed by atoms with Crippen LogP contribution in [0.5, 0.6) is 5.75 Å². The van der Waals surface area contributed by atoms with Gasteiger partial charge in [-0.1, -0.05) is 0 Å². The number of hydrogen-bond donors (Lipinski definition) is 3. The molecule has 2 atom stereocenters. The Kier molecular flexibility index (Phi) is 4.82. The van der Waals surface area contributed by atoms with E-state index in [1.165, 1.54) is 25.1 Å². The van der Waals surface area contributed by atoms with Gasteiger partial charge in [0.15, 0.2) is 6.10 Å². The molecule has 6 nitrogen and oxygen atoms in total. The molecule has 0 aliphatic carbocycles. The van der Waals surface area contributed by atoms with E-state index in [-0.39, 0.29) is 5.75 Å². The van der Waals surface area contributed by atoms with E-state index in [4.69, 9.17) is 16.2 Å². The van der Waals surface area contributed by atoms with Crippen molar-refractivity contribution in [2.24, 2.45) is 11.5 Å². The first-order valence-corrected chi connectivity index (χ1v) is 5.63. The van der Waals surface area contributed by atoms with E-state index < -0.39 is 29.9 Å². The Morgan fingerprint density at radius 2 is 2.00 bits per heavy atom. The number of carbonyl (C=O) groups excluding carboxylic acids is 2. The lowest BCUT2D eigenvalue weighted by Gasteiger charge is -2.18. The van der Waals surface area contributed by atoms with Crippen LogP contribution in [0.2, 0.25) is 0 Å². The molecule has 1 aromatic rings. The molecule has 0 radical (unpaired) electrons. The number of hydrogen-bond acceptors (Lipinski definition) is 4. The fraction of sp³-hybridized carbons (Fsp3) is 0.333. The monoisotopic (exact) mass is 269 g/mol. The van der Waals surface area contributed by atoms with Crippen LogP contribution in [-0.4, -0.2) is 18.0 Å². The summed E-state index contributed by atoms with van der Waals surface area (Å²) < 4.78 is 18.5. The van der Waals surface area contributed by atoms with E-state index in [1.807, 2.05) is 5.32 Å². The first kappa shape index (κ1) is 14.9. The Morgan fingerprint density at radius 1 is 1.37 bits per heavy atom. The summed E-state index contributed by atoms with van der Waals surface area (Å²) in [4.78, 5) is 22.0. The van der Waals surface area contributed by atoms with Crippen molar-refractivity contribution in [1.29, 1.82) is 0 Å². The predicted octanol–water partition coefficient (Wildman–Crippen LogP) is 0.808. The third-order valence-corrected chi connectivity index (χ3v) is 2.38. The highest BCUT2D eigenvalue weighted by Gasteiger charge is 2.19. The maximum absolute atomic E-state index is 13.1. The average Bonchev–Trinajstić information content (AvgIpc) is 2.30. The van der Waals surface area contributed by atoms with Crippen molar-refractivity contribution in [3.05, 3.63) is 29.6 Å². The zero-order valence-corrected chi connectivity index (χ0v) is 10.6. The van der Waals surface area contributed by atoms with E-state index in [0.717, 1.165) is 0 Å². The normalized spacial score (nSPS) is 13.5. The molecule has 0 heterocycles. The van der Waals surface area contributed by atoms with Gasteiger partial charge in [0.1, 0.15) is 11.6 Å². The highest BCUT2D eigenvalue weighted by Crippen LogP contribution is 2.25. The van der Waals surface area contributed by atoms with Gasteiger partial charge in [-0.2, -0.15) is 0 Å². The SMILES string of the molecule is CC(Oc1ccc(F)cc1[C@@H](C)N)C(=O)NC(N)=O. The second kappa shape index (κ2) is 6.14. The molecule has 1 unspecified atom stereocenters. The second-order valence-electron chi connectivity index (χ2n) is 4.08. The van der Waals surface area contributed by atoms with Crippen molar-refractivity contribution in [3.8, 4) is 5.75 Å². The van der Waals surface area contributed by atoms with Gasteiger partial charge in [-0.15, -0.1) is 0 Å².